The minimum Gasteiger partial charge on any atom is -0.336 e. The van der Waals surface area contributed by atoms with E-state index in [9.17, 15) is 30.7 Å². The highest BCUT2D eigenvalue weighted by Gasteiger charge is 2.78. The molecule has 0 saturated carbocycles. The van der Waals surface area contributed by atoms with Crippen LogP contribution in [0, 0.1) is 0 Å². The summed E-state index contributed by atoms with van der Waals surface area (Å²) in [7, 11) is 0. The maximum Gasteiger partial charge on any atom is 0.456 e. The second-order valence-corrected chi connectivity index (χ2v) is 2.76. The van der Waals surface area contributed by atoms with Crippen LogP contribution in [0.2, 0.25) is 0 Å². The Morgan fingerprint density at radius 2 is 1.38 bits per heavy atom. The molecular weight excluding hydrogens is 257 g/mol. The van der Waals surface area contributed by atoms with Crippen molar-refractivity contribution < 1.29 is 50.4 Å². The van der Waals surface area contributed by atoms with E-state index in [4.69, 9.17) is 5.11 Å². The number of hydrogen-bond donors (Lipinski definition) is 1. The molecule has 1 N–H and O–H groups in total. The van der Waals surface area contributed by atoms with Crippen LogP contribution in [0.5, 0.6) is 0 Å². The average Bonchev–Trinajstić information content (AvgIpc) is 1.98. The average molecular weight is 260 g/mol. The third-order valence-electron chi connectivity index (χ3n) is 1.49. The van der Waals surface area contributed by atoms with Gasteiger partial charge in [0.25, 0.3) is 0 Å². The van der Waals surface area contributed by atoms with Gasteiger partial charge in [-0.25, -0.2) is 0 Å². The van der Waals surface area contributed by atoms with Crippen LogP contribution in [0.3, 0.4) is 0 Å². The van der Waals surface area contributed by atoms with Gasteiger partial charge < -0.3 is 9.84 Å². The summed E-state index contributed by atoms with van der Waals surface area (Å²) < 4.78 is 88.1. The number of alkyl halides is 7. The Bertz CT molecular complexity index is 243. The van der Waals surface area contributed by atoms with E-state index in [1.165, 1.54) is 0 Å². The zero-order valence-corrected chi connectivity index (χ0v) is 7.02. The van der Waals surface area contributed by atoms with Crippen molar-refractivity contribution in [2.24, 2.45) is 0 Å². The Morgan fingerprint density at radius 3 is 1.62 bits per heavy atom. The Hall–Kier alpha value is -0.650. The molecule has 16 heavy (non-hydrogen) atoms. The van der Waals surface area contributed by atoms with Gasteiger partial charge in [-0.3, -0.25) is 0 Å². The molecule has 0 spiro atoms. The summed E-state index contributed by atoms with van der Waals surface area (Å²) in [4.78, 5) is 5.77. The van der Waals surface area contributed by atoms with E-state index in [-0.39, 0.29) is 0 Å². The maximum absolute atomic E-state index is 12.3. The Labute approximate surface area is 82.4 Å². The van der Waals surface area contributed by atoms with Gasteiger partial charge in [-0.05, 0) is 0 Å². The second-order valence-electron chi connectivity index (χ2n) is 2.76. The summed E-state index contributed by atoms with van der Waals surface area (Å²) in [6, 6.07) is -3.88. The summed E-state index contributed by atoms with van der Waals surface area (Å²) >= 11 is 0. The smallest absolute Gasteiger partial charge is 0.336 e. The number of halogens is 7. The molecule has 1 unspecified atom stereocenters. The minimum atomic E-state index is -6.05. The summed E-state index contributed by atoms with van der Waals surface area (Å²) in [5.74, 6) is -5.11. The Morgan fingerprint density at radius 1 is 0.938 bits per heavy atom. The molecule has 1 aliphatic rings. The van der Waals surface area contributed by atoms with Crippen molar-refractivity contribution in [2.45, 2.75) is 24.2 Å². The van der Waals surface area contributed by atoms with E-state index in [1.807, 2.05) is 0 Å². The van der Waals surface area contributed by atoms with Crippen molar-refractivity contribution in [2.75, 3.05) is 6.61 Å². The topological polar surface area (TPSA) is 47.9 Å². The van der Waals surface area contributed by atoms with Crippen molar-refractivity contribution in [1.82, 2.24) is 0 Å². The molecule has 96 valence electrons. The van der Waals surface area contributed by atoms with Gasteiger partial charge in [-0.15, -0.1) is 0 Å². The largest absolute Gasteiger partial charge is 0.456 e. The van der Waals surface area contributed by atoms with Gasteiger partial charge in [0.2, 0.25) is 0 Å². The highest BCUT2D eigenvalue weighted by molar-refractivity contribution is 4.88. The summed E-state index contributed by atoms with van der Waals surface area (Å²) in [5, 5.41) is 8.26. The Balaban J connectivity index is 3.03. The van der Waals surface area contributed by atoms with Crippen LogP contribution in [0.15, 0.2) is 0 Å². The molecule has 0 aromatic rings. The predicted molar refractivity (Wildman–Crippen MR) is 29.0 cm³/mol. The highest BCUT2D eigenvalue weighted by Crippen LogP contribution is 2.49. The molecule has 0 aliphatic carbocycles. The van der Waals surface area contributed by atoms with E-state index in [2.05, 4.69) is 14.5 Å². The number of ether oxygens (including phenoxy) is 1. The third kappa shape index (κ3) is 2.07. The lowest BCUT2D eigenvalue weighted by molar-refractivity contribution is -0.636. The van der Waals surface area contributed by atoms with Gasteiger partial charge in [-0.2, -0.15) is 40.5 Å². The normalized spacial score (nSPS) is 31.5. The summed E-state index contributed by atoms with van der Waals surface area (Å²) in [6.45, 7) is -2.01. The first-order valence-corrected chi connectivity index (χ1v) is 3.47. The van der Waals surface area contributed by atoms with Gasteiger partial charge in [0.1, 0.15) is 6.61 Å². The molecule has 4 nitrogen and oxygen atoms in total. The first-order valence-electron chi connectivity index (χ1n) is 3.47. The summed E-state index contributed by atoms with van der Waals surface area (Å²) in [6.07, 6.45) is -12.1. The molecule has 0 aromatic heterocycles. The predicted octanol–water partition coefficient (Wildman–Crippen LogP) is 1.40. The van der Waals surface area contributed by atoms with E-state index in [0.29, 0.717) is 0 Å². The van der Waals surface area contributed by atoms with E-state index in [1.54, 1.807) is 0 Å². The lowest BCUT2D eigenvalue weighted by Crippen LogP contribution is -2.65. The van der Waals surface area contributed by atoms with Gasteiger partial charge >= 0.3 is 24.2 Å². The van der Waals surface area contributed by atoms with Crippen molar-refractivity contribution >= 4 is 0 Å². The van der Waals surface area contributed by atoms with Crippen LogP contribution < -0.4 is 0 Å². The molecule has 1 atom stereocenters. The molecule has 1 fully saturated rings. The van der Waals surface area contributed by atoms with E-state index >= 15 is 0 Å². The minimum absolute atomic E-state index is 2.01. The lowest BCUT2D eigenvalue weighted by Gasteiger charge is -2.39. The van der Waals surface area contributed by atoms with Gasteiger partial charge in [-0.1, -0.05) is 0 Å². The van der Waals surface area contributed by atoms with Crippen LogP contribution in [0.4, 0.5) is 30.7 Å². The molecule has 0 aromatic carbocycles. The molecule has 0 amide bonds. The Kier molecular flexibility index (Phi) is 2.87. The summed E-state index contributed by atoms with van der Waals surface area (Å²) in [5.41, 5.74) is 0. The molecule has 0 bridgehead atoms. The van der Waals surface area contributed by atoms with Crippen LogP contribution in [0.25, 0.3) is 0 Å². The number of aliphatic hydroxyl groups is 1. The van der Waals surface area contributed by atoms with Gasteiger partial charge in [0, 0.05) is 0 Å². The number of hydrogen-bond acceptors (Lipinski definition) is 4. The molecule has 1 heterocycles. The van der Waals surface area contributed by atoms with Crippen molar-refractivity contribution in [3.63, 3.8) is 0 Å². The molecule has 0 radical (unpaired) electrons. The molecule has 1 rings (SSSR count). The third-order valence-corrected chi connectivity index (χ3v) is 1.49. The van der Waals surface area contributed by atoms with Gasteiger partial charge in [0.15, 0.2) is 0 Å². The molecule has 11 heteroatoms. The zero-order chi connectivity index (χ0) is 12.8. The van der Waals surface area contributed by atoms with Crippen molar-refractivity contribution in [1.29, 1.82) is 0 Å². The SMILES string of the molecule is OC1(F)COC(C(F)(F)F)(C(F)(F)F)OO1. The van der Waals surface area contributed by atoms with E-state index < -0.39 is 30.8 Å². The monoisotopic (exact) mass is 260 g/mol. The highest BCUT2D eigenvalue weighted by atomic mass is 19.4. The fraction of sp³-hybridized carbons (Fsp3) is 1.00. The fourth-order valence-corrected chi connectivity index (χ4v) is 0.780. The fourth-order valence-electron chi connectivity index (χ4n) is 0.780. The van der Waals surface area contributed by atoms with E-state index in [0.717, 1.165) is 0 Å². The molecule has 1 aliphatic heterocycles. The lowest BCUT2D eigenvalue weighted by atomic mass is 10.2. The van der Waals surface area contributed by atoms with Gasteiger partial charge in [0.05, 0.1) is 0 Å². The number of rotatable bonds is 0. The van der Waals surface area contributed by atoms with Crippen LogP contribution in [-0.4, -0.2) is 35.9 Å². The first kappa shape index (κ1) is 13.4. The quantitative estimate of drug-likeness (QED) is 0.528. The second kappa shape index (κ2) is 3.42. The standard InChI is InChI=1S/C5H3F7O4/c6-2(13)1-14-3(16-15-2,4(7,8)9)5(10,11)12/h13H,1H2. The zero-order valence-electron chi connectivity index (χ0n) is 7.02. The van der Waals surface area contributed by atoms with Crippen LogP contribution in [-0.2, 0) is 14.5 Å². The van der Waals surface area contributed by atoms with Crippen LogP contribution >= 0.6 is 0 Å². The first-order chi connectivity index (χ1) is 6.91. The molecule has 1 saturated heterocycles. The van der Waals surface area contributed by atoms with Crippen LogP contribution in [0.1, 0.15) is 0 Å². The van der Waals surface area contributed by atoms with Crippen molar-refractivity contribution in [3.8, 4) is 0 Å². The molecular formula is C5H3F7O4. The maximum atomic E-state index is 12.3. The van der Waals surface area contributed by atoms with Crippen molar-refractivity contribution in [3.05, 3.63) is 0 Å².